The van der Waals surface area contributed by atoms with Crippen LogP contribution in [0.1, 0.15) is 13.3 Å². The number of carbonyl (C=O) groups excluding carboxylic acids is 2. The lowest BCUT2D eigenvalue weighted by Gasteiger charge is -2.21. The zero-order chi connectivity index (χ0) is 24.5. The van der Waals surface area contributed by atoms with Gasteiger partial charge in [0.15, 0.2) is 22.5 Å². The lowest BCUT2D eigenvalue weighted by molar-refractivity contribution is -0.138. The van der Waals surface area contributed by atoms with Crippen LogP contribution >= 0.6 is 11.8 Å². The van der Waals surface area contributed by atoms with Crippen LogP contribution < -0.4 is 20.1 Å². The number of thioether (sulfide) groups is 1. The Balaban J connectivity index is 1.90. The third-order valence-corrected chi connectivity index (χ3v) is 6.00. The van der Waals surface area contributed by atoms with Gasteiger partial charge in [-0.05, 0) is 31.5 Å². The van der Waals surface area contributed by atoms with Crippen LogP contribution in [0.2, 0.25) is 0 Å². The molecular weight excluding hydrogens is 462 g/mol. The van der Waals surface area contributed by atoms with Crippen molar-refractivity contribution in [2.75, 3.05) is 46.8 Å². The van der Waals surface area contributed by atoms with E-state index in [1.807, 2.05) is 22.8 Å². The number of methoxy groups -OCH3 is 3. The number of hydrogen-bond acceptors (Lipinski definition) is 9. The van der Waals surface area contributed by atoms with Gasteiger partial charge in [0.2, 0.25) is 0 Å². The Morgan fingerprint density at radius 2 is 1.97 bits per heavy atom. The second-order valence-corrected chi connectivity index (χ2v) is 8.09. The van der Waals surface area contributed by atoms with Gasteiger partial charge in [0.05, 0.1) is 32.9 Å². The number of benzene rings is 1. The van der Waals surface area contributed by atoms with Crippen molar-refractivity contribution in [3.05, 3.63) is 29.5 Å². The molecule has 3 rings (SSSR count). The van der Waals surface area contributed by atoms with Gasteiger partial charge < -0.3 is 34.1 Å². The summed E-state index contributed by atoms with van der Waals surface area (Å²) < 4.78 is 23.1. The van der Waals surface area contributed by atoms with E-state index in [4.69, 9.17) is 18.9 Å². The van der Waals surface area contributed by atoms with Crippen molar-refractivity contribution >= 4 is 23.8 Å². The number of aromatic nitrogens is 3. The van der Waals surface area contributed by atoms with E-state index in [-0.39, 0.29) is 19.2 Å². The summed E-state index contributed by atoms with van der Waals surface area (Å²) in [6.07, 6.45) is 0.750. The van der Waals surface area contributed by atoms with Gasteiger partial charge in [-0.1, -0.05) is 11.8 Å². The fraction of sp³-hybridized carbons (Fsp3) is 0.455. The molecule has 0 spiro atoms. The lowest BCUT2D eigenvalue weighted by Crippen LogP contribution is -2.44. The summed E-state index contributed by atoms with van der Waals surface area (Å²) in [5.74, 6) is 1.72. The predicted octanol–water partition coefficient (Wildman–Crippen LogP) is 2.22. The minimum absolute atomic E-state index is 0.109. The molecule has 1 aromatic heterocycles. The molecule has 0 saturated heterocycles. The number of rotatable bonds is 12. The van der Waals surface area contributed by atoms with Crippen LogP contribution in [-0.2, 0) is 20.8 Å². The maximum atomic E-state index is 12.3. The summed E-state index contributed by atoms with van der Waals surface area (Å²) in [6.45, 7) is 3.29. The van der Waals surface area contributed by atoms with E-state index in [0.717, 1.165) is 12.0 Å². The molecule has 12 heteroatoms. The van der Waals surface area contributed by atoms with Crippen LogP contribution in [-0.4, -0.2) is 73.6 Å². The highest BCUT2D eigenvalue weighted by Gasteiger charge is 2.25. The molecule has 0 unspecified atom stereocenters. The molecule has 2 N–H and O–H groups in total. The minimum Gasteiger partial charge on any atom is -0.493 e. The molecule has 0 radical (unpaired) electrons. The first kappa shape index (κ1) is 25.4. The average Bonchev–Trinajstić information content (AvgIpc) is 3.25. The molecule has 0 fully saturated rings. The monoisotopic (exact) mass is 491 g/mol. The van der Waals surface area contributed by atoms with Gasteiger partial charge in [-0.3, -0.25) is 0 Å². The van der Waals surface area contributed by atoms with E-state index in [1.165, 1.54) is 11.8 Å². The molecule has 184 valence electrons. The topological polar surface area (TPSA) is 126 Å². The van der Waals surface area contributed by atoms with E-state index >= 15 is 0 Å². The number of nitrogens with one attached hydrogen (secondary N) is 2. The van der Waals surface area contributed by atoms with Gasteiger partial charge in [-0.2, -0.15) is 0 Å². The molecule has 1 aliphatic rings. The summed E-state index contributed by atoms with van der Waals surface area (Å²) in [4.78, 5) is 24.2. The van der Waals surface area contributed by atoms with Crippen molar-refractivity contribution in [1.29, 1.82) is 0 Å². The van der Waals surface area contributed by atoms with Gasteiger partial charge in [-0.25, -0.2) is 9.59 Å². The van der Waals surface area contributed by atoms with Crippen LogP contribution in [0.5, 0.6) is 11.5 Å². The Morgan fingerprint density at radius 1 is 1.18 bits per heavy atom. The van der Waals surface area contributed by atoms with E-state index in [1.54, 1.807) is 28.3 Å². The summed E-state index contributed by atoms with van der Waals surface area (Å²) in [5, 5.41) is 14.7. The minimum atomic E-state index is -0.460. The number of ether oxygens (including phenoxy) is 4. The van der Waals surface area contributed by atoms with Crippen molar-refractivity contribution in [3.63, 3.8) is 0 Å². The quantitative estimate of drug-likeness (QED) is 0.261. The molecule has 0 atom stereocenters. The second kappa shape index (κ2) is 12.3. The molecule has 0 bridgehead atoms. The highest BCUT2D eigenvalue weighted by molar-refractivity contribution is 7.99. The van der Waals surface area contributed by atoms with Crippen molar-refractivity contribution in [2.24, 2.45) is 0 Å². The van der Waals surface area contributed by atoms with Gasteiger partial charge in [-0.15, -0.1) is 10.2 Å². The zero-order valence-corrected chi connectivity index (χ0v) is 20.5. The molecule has 2 amide bonds. The molecule has 0 saturated carbocycles. The third kappa shape index (κ3) is 6.00. The van der Waals surface area contributed by atoms with Gasteiger partial charge in [0.1, 0.15) is 0 Å². The molecule has 11 nitrogen and oxygen atoms in total. The van der Waals surface area contributed by atoms with E-state index < -0.39 is 5.97 Å². The Labute approximate surface area is 202 Å². The molecular formula is C22H29N5O6S. The summed E-state index contributed by atoms with van der Waals surface area (Å²) >= 11 is 1.37. The summed E-state index contributed by atoms with van der Waals surface area (Å²) in [6, 6.07) is 5.19. The van der Waals surface area contributed by atoms with Crippen molar-refractivity contribution < 1.29 is 28.5 Å². The van der Waals surface area contributed by atoms with E-state index in [2.05, 4.69) is 20.8 Å². The van der Waals surface area contributed by atoms with Crippen LogP contribution in [0.3, 0.4) is 0 Å². The first-order chi connectivity index (χ1) is 16.5. The van der Waals surface area contributed by atoms with E-state index in [9.17, 15) is 9.59 Å². The second-order valence-electron chi connectivity index (χ2n) is 7.15. The van der Waals surface area contributed by atoms with Gasteiger partial charge >= 0.3 is 12.0 Å². The molecule has 2 heterocycles. The number of carbonyl (C=O) groups is 2. The smallest absolute Gasteiger partial charge is 0.337 e. The van der Waals surface area contributed by atoms with Crippen molar-refractivity contribution in [1.82, 2.24) is 25.4 Å². The van der Waals surface area contributed by atoms with Crippen LogP contribution in [0, 0.1) is 0 Å². The normalized spacial score (nSPS) is 13.4. The van der Waals surface area contributed by atoms with Gasteiger partial charge in [0, 0.05) is 37.3 Å². The maximum Gasteiger partial charge on any atom is 0.337 e. The summed E-state index contributed by atoms with van der Waals surface area (Å²) in [7, 11) is 4.81. The molecule has 2 aromatic rings. The highest BCUT2D eigenvalue weighted by atomic mass is 32.2. The molecule has 34 heavy (non-hydrogen) atoms. The maximum absolute atomic E-state index is 12.3. The van der Waals surface area contributed by atoms with Crippen molar-refractivity contribution in [2.45, 2.75) is 25.0 Å². The highest BCUT2D eigenvalue weighted by Crippen LogP contribution is 2.33. The van der Waals surface area contributed by atoms with Crippen LogP contribution in [0.25, 0.3) is 11.4 Å². The lowest BCUT2D eigenvalue weighted by atomic mass is 10.2. The number of nitrogens with zero attached hydrogens (tertiary/aromatic N) is 3. The Hall–Kier alpha value is -3.25. The Kier molecular flexibility index (Phi) is 9.16. The fourth-order valence-corrected chi connectivity index (χ4v) is 4.31. The predicted molar refractivity (Wildman–Crippen MR) is 126 cm³/mol. The van der Waals surface area contributed by atoms with E-state index in [0.29, 0.717) is 52.7 Å². The zero-order valence-electron chi connectivity index (χ0n) is 19.7. The molecule has 0 aliphatic carbocycles. The average molecular weight is 492 g/mol. The van der Waals surface area contributed by atoms with Crippen molar-refractivity contribution in [3.8, 4) is 22.9 Å². The number of hydrogen-bond donors (Lipinski definition) is 2. The first-order valence-corrected chi connectivity index (χ1v) is 11.7. The Morgan fingerprint density at radius 3 is 2.68 bits per heavy atom. The fourth-order valence-electron chi connectivity index (χ4n) is 3.36. The van der Waals surface area contributed by atoms with Crippen LogP contribution in [0.15, 0.2) is 34.6 Å². The molecule has 1 aromatic carbocycles. The largest absolute Gasteiger partial charge is 0.493 e. The number of urea groups is 1. The summed E-state index contributed by atoms with van der Waals surface area (Å²) in [5.41, 5.74) is 1.70. The molecule has 1 aliphatic heterocycles. The Bertz CT molecular complexity index is 1050. The third-order valence-electron chi connectivity index (χ3n) is 5.01. The number of amides is 2. The standard InChI is InChI=1S/C22H29N5O6S/c1-5-33-20(28)15-12-23-21(29)24-16(15)13-34-22-26-25-19(27(22)9-6-10-30-2)14-7-8-17(31-3)18(11-14)32-4/h7-8,11H,5-6,9-10,12-13H2,1-4H3,(H2,23,24,29). The number of esters is 1. The van der Waals surface area contributed by atoms with Gasteiger partial charge in [0.25, 0.3) is 0 Å². The first-order valence-electron chi connectivity index (χ1n) is 10.7. The van der Waals surface area contributed by atoms with Crippen LogP contribution in [0.4, 0.5) is 4.79 Å². The SMILES string of the molecule is CCOC(=O)C1=C(CSc2nnc(-c3ccc(OC)c(OC)c3)n2CCCOC)NC(=O)NC1.